The second kappa shape index (κ2) is 7.09. The van der Waals surface area contributed by atoms with Gasteiger partial charge in [-0.15, -0.1) is 11.6 Å². The van der Waals surface area contributed by atoms with Crippen molar-refractivity contribution < 1.29 is 0 Å². The van der Waals surface area contributed by atoms with Crippen LogP contribution < -0.4 is 5.32 Å². The summed E-state index contributed by atoms with van der Waals surface area (Å²) in [5.74, 6) is 0.785. The summed E-state index contributed by atoms with van der Waals surface area (Å²) in [6, 6.07) is 0. The van der Waals surface area contributed by atoms with Crippen molar-refractivity contribution in [2.75, 3.05) is 6.54 Å². The predicted octanol–water partition coefficient (Wildman–Crippen LogP) is 3.86. The van der Waals surface area contributed by atoms with E-state index in [0.717, 1.165) is 35.7 Å². The van der Waals surface area contributed by atoms with Crippen molar-refractivity contribution in [1.29, 1.82) is 0 Å². The van der Waals surface area contributed by atoms with Crippen LogP contribution in [-0.4, -0.2) is 21.7 Å². The summed E-state index contributed by atoms with van der Waals surface area (Å²) < 4.78 is 3.22. The molecule has 5 heteroatoms. The second-order valence-corrected chi connectivity index (χ2v) is 6.82. The molecule has 0 radical (unpaired) electrons. The first-order chi connectivity index (χ1) is 9.11. The molecule has 0 bridgehead atoms. The van der Waals surface area contributed by atoms with Crippen LogP contribution in [0.25, 0.3) is 0 Å². The van der Waals surface area contributed by atoms with Crippen LogP contribution in [0.1, 0.15) is 44.0 Å². The largest absolute Gasteiger partial charge is 0.311 e. The summed E-state index contributed by atoms with van der Waals surface area (Å²) in [5, 5.41) is 8.51. The van der Waals surface area contributed by atoms with Gasteiger partial charge in [0.05, 0.1) is 15.9 Å². The minimum absolute atomic E-state index is 0.412. The first kappa shape index (κ1) is 15.3. The van der Waals surface area contributed by atoms with E-state index < -0.39 is 0 Å². The van der Waals surface area contributed by atoms with Gasteiger partial charge in [0.2, 0.25) is 0 Å². The molecule has 1 fully saturated rings. The van der Waals surface area contributed by atoms with E-state index in [4.69, 9.17) is 11.6 Å². The number of halogens is 2. The van der Waals surface area contributed by atoms with Gasteiger partial charge in [0, 0.05) is 18.5 Å². The van der Waals surface area contributed by atoms with E-state index in [1.165, 1.54) is 31.4 Å². The number of aryl methyl sites for hydroxylation is 2. The van der Waals surface area contributed by atoms with Crippen LogP contribution in [0.5, 0.6) is 0 Å². The Hall–Kier alpha value is -0.0600. The van der Waals surface area contributed by atoms with Crippen molar-refractivity contribution in [2.45, 2.75) is 58.0 Å². The first-order valence-electron chi connectivity index (χ1n) is 7.18. The number of aromatic nitrogens is 2. The maximum atomic E-state index is 6.14. The Morgan fingerprint density at radius 2 is 2.05 bits per heavy atom. The van der Waals surface area contributed by atoms with E-state index in [-0.39, 0.29) is 0 Å². The molecule has 19 heavy (non-hydrogen) atoms. The van der Waals surface area contributed by atoms with Gasteiger partial charge >= 0.3 is 0 Å². The van der Waals surface area contributed by atoms with Gasteiger partial charge in [0.1, 0.15) is 0 Å². The van der Waals surface area contributed by atoms with Gasteiger partial charge in [-0.25, -0.2) is 0 Å². The average Bonchev–Trinajstić information content (AvgIpc) is 2.68. The third-order valence-electron chi connectivity index (χ3n) is 3.95. The molecule has 1 aliphatic carbocycles. The molecular weight excluding hydrogens is 326 g/mol. The lowest BCUT2D eigenvalue weighted by Crippen LogP contribution is -2.27. The average molecular weight is 349 g/mol. The molecule has 1 aromatic rings. The number of rotatable bonds is 5. The van der Waals surface area contributed by atoms with Gasteiger partial charge in [-0.05, 0) is 67.9 Å². The number of hydrogen-bond donors (Lipinski definition) is 1. The molecule has 1 N–H and O–H groups in total. The molecule has 0 saturated heterocycles. The molecule has 1 heterocycles. The minimum Gasteiger partial charge on any atom is -0.311 e. The van der Waals surface area contributed by atoms with Gasteiger partial charge in [0.25, 0.3) is 0 Å². The molecule has 1 aromatic heterocycles. The zero-order chi connectivity index (χ0) is 13.8. The van der Waals surface area contributed by atoms with Crippen LogP contribution >= 0.6 is 27.5 Å². The van der Waals surface area contributed by atoms with Crippen molar-refractivity contribution in [3.05, 3.63) is 15.9 Å². The van der Waals surface area contributed by atoms with Crippen molar-refractivity contribution >= 4 is 27.5 Å². The lowest BCUT2D eigenvalue weighted by molar-refractivity contribution is 0.344. The zero-order valence-electron chi connectivity index (χ0n) is 11.8. The quantitative estimate of drug-likeness (QED) is 0.819. The Morgan fingerprint density at radius 1 is 1.37 bits per heavy atom. The lowest BCUT2D eigenvalue weighted by Gasteiger charge is -2.25. The molecule has 1 aliphatic rings. The monoisotopic (exact) mass is 347 g/mol. The van der Waals surface area contributed by atoms with Crippen LogP contribution in [0.2, 0.25) is 0 Å². The van der Waals surface area contributed by atoms with Crippen molar-refractivity contribution in [3.63, 3.8) is 0 Å². The van der Waals surface area contributed by atoms with Crippen LogP contribution in [0.15, 0.2) is 4.47 Å². The summed E-state index contributed by atoms with van der Waals surface area (Å²) in [6.45, 7) is 7.06. The first-order valence-corrected chi connectivity index (χ1v) is 8.41. The summed E-state index contributed by atoms with van der Waals surface area (Å²) in [5.41, 5.74) is 2.33. The van der Waals surface area contributed by atoms with Crippen molar-refractivity contribution in [3.8, 4) is 0 Å². The SMILES string of the molecule is CCn1nc(C)c(Br)c1CNCC1CCC(Cl)CC1. The van der Waals surface area contributed by atoms with Crippen LogP contribution in [0.4, 0.5) is 0 Å². The Bertz CT molecular complexity index is 411. The maximum absolute atomic E-state index is 6.14. The Kier molecular flexibility index (Phi) is 5.72. The molecule has 0 unspecified atom stereocenters. The highest BCUT2D eigenvalue weighted by Crippen LogP contribution is 2.27. The van der Waals surface area contributed by atoms with Gasteiger partial charge < -0.3 is 5.32 Å². The second-order valence-electron chi connectivity index (χ2n) is 5.41. The third-order valence-corrected chi connectivity index (χ3v) is 5.42. The fraction of sp³-hybridized carbons (Fsp3) is 0.786. The topological polar surface area (TPSA) is 29.9 Å². The molecule has 0 atom stereocenters. The third kappa shape index (κ3) is 3.96. The van der Waals surface area contributed by atoms with Crippen molar-refractivity contribution in [1.82, 2.24) is 15.1 Å². The summed E-state index contributed by atoms with van der Waals surface area (Å²) >= 11 is 9.77. The highest BCUT2D eigenvalue weighted by Gasteiger charge is 2.19. The molecule has 0 amide bonds. The summed E-state index contributed by atoms with van der Waals surface area (Å²) in [4.78, 5) is 0. The van der Waals surface area contributed by atoms with E-state index in [2.05, 4.69) is 38.0 Å². The van der Waals surface area contributed by atoms with E-state index in [1.807, 2.05) is 6.92 Å². The molecule has 0 spiro atoms. The molecule has 2 rings (SSSR count). The molecule has 3 nitrogen and oxygen atoms in total. The molecule has 0 aromatic carbocycles. The highest BCUT2D eigenvalue weighted by atomic mass is 79.9. The van der Waals surface area contributed by atoms with E-state index in [9.17, 15) is 0 Å². The predicted molar refractivity (Wildman–Crippen MR) is 83.6 cm³/mol. The van der Waals surface area contributed by atoms with Gasteiger partial charge in [-0.2, -0.15) is 5.10 Å². The smallest absolute Gasteiger partial charge is 0.0739 e. The molecular formula is C14H23BrClN3. The van der Waals surface area contributed by atoms with E-state index >= 15 is 0 Å². The van der Waals surface area contributed by atoms with Crippen molar-refractivity contribution in [2.24, 2.45) is 5.92 Å². The molecule has 108 valence electrons. The fourth-order valence-corrected chi connectivity index (χ4v) is 3.43. The van der Waals surface area contributed by atoms with Gasteiger partial charge in [0.15, 0.2) is 0 Å². The number of nitrogens with one attached hydrogen (secondary N) is 1. The highest BCUT2D eigenvalue weighted by molar-refractivity contribution is 9.10. The van der Waals surface area contributed by atoms with Crippen LogP contribution in [0.3, 0.4) is 0 Å². The number of nitrogens with zero attached hydrogens (tertiary/aromatic N) is 2. The maximum Gasteiger partial charge on any atom is 0.0739 e. The molecule has 0 aliphatic heterocycles. The number of alkyl halides is 1. The normalized spacial score (nSPS) is 23.8. The van der Waals surface area contributed by atoms with E-state index in [1.54, 1.807) is 0 Å². The molecule has 1 saturated carbocycles. The lowest BCUT2D eigenvalue weighted by atomic mass is 9.89. The van der Waals surface area contributed by atoms with Gasteiger partial charge in [-0.3, -0.25) is 4.68 Å². The minimum atomic E-state index is 0.412. The fourth-order valence-electron chi connectivity index (χ4n) is 2.76. The Balaban J connectivity index is 1.82. The Morgan fingerprint density at radius 3 is 2.68 bits per heavy atom. The van der Waals surface area contributed by atoms with Crippen LogP contribution in [0, 0.1) is 12.8 Å². The van der Waals surface area contributed by atoms with Crippen LogP contribution in [-0.2, 0) is 13.1 Å². The summed E-state index contributed by atoms with van der Waals surface area (Å²) in [7, 11) is 0. The Labute approximate surface area is 129 Å². The standard InChI is InChI=1S/C14H23BrClN3/c1-3-19-13(14(15)10(2)18-19)9-17-8-11-4-6-12(16)7-5-11/h11-12,17H,3-9H2,1-2H3. The summed E-state index contributed by atoms with van der Waals surface area (Å²) in [6.07, 6.45) is 4.86. The number of hydrogen-bond acceptors (Lipinski definition) is 2. The van der Waals surface area contributed by atoms with Gasteiger partial charge in [-0.1, -0.05) is 0 Å². The zero-order valence-corrected chi connectivity index (χ0v) is 14.1. The van der Waals surface area contributed by atoms with E-state index in [0.29, 0.717) is 5.38 Å².